The fourth-order valence-electron chi connectivity index (χ4n) is 4.20. The predicted molar refractivity (Wildman–Crippen MR) is 156 cm³/mol. The molecule has 0 radical (unpaired) electrons. The van der Waals surface area contributed by atoms with Gasteiger partial charge in [-0.3, -0.25) is 9.59 Å². The smallest absolute Gasteiger partial charge is 0.329 e. The Morgan fingerprint density at radius 2 is 1.62 bits per heavy atom. The fourth-order valence-corrected chi connectivity index (χ4v) is 6.80. The van der Waals surface area contributed by atoms with Crippen molar-refractivity contribution < 1.29 is 22.7 Å². The van der Waals surface area contributed by atoms with Crippen LogP contribution in [0.1, 0.15) is 21.5 Å². The lowest BCUT2D eigenvalue weighted by Crippen LogP contribution is -2.37. The second-order valence-corrected chi connectivity index (χ2v) is 18.1. The molecule has 8 nitrogen and oxygen atoms in total. The maximum Gasteiger partial charge on any atom is 0.329 e. The molecule has 2 amide bonds. The van der Waals surface area contributed by atoms with E-state index < -0.39 is 24.2 Å². The summed E-state index contributed by atoms with van der Waals surface area (Å²) < 4.78 is 35.2. The molecule has 10 heteroatoms. The highest BCUT2D eigenvalue weighted by atomic mass is 32.2. The Morgan fingerprint density at radius 1 is 0.949 bits per heavy atom. The van der Waals surface area contributed by atoms with Crippen LogP contribution in [0.15, 0.2) is 78.9 Å². The van der Waals surface area contributed by atoms with Crippen LogP contribution in [-0.4, -0.2) is 52.2 Å². The standard InChI is InChI=1S/C29H35N3O5SSi/c1-39(2,3)19-18-31-28(33)21-32(38(31,35)36)26-15-14-23(16-17-30-29(34)25-12-8-5-9-13-25)20-27(26)37-22-24-10-6-4-7-11-24/h4-15,20H,16-19,21-22H2,1-3H3,(H,30,34). The zero-order valence-electron chi connectivity index (χ0n) is 22.6. The summed E-state index contributed by atoms with van der Waals surface area (Å²) in [5.74, 6) is -0.225. The third kappa shape index (κ3) is 7.27. The van der Waals surface area contributed by atoms with Crippen LogP contribution in [-0.2, 0) is 28.0 Å². The molecule has 0 unspecified atom stereocenters. The number of hydrogen-bond acceptors (Lipinski definition) is 5. The summed E-state index contributed by atoms with van der Waals surface area (Å²) in [6.07, 6.45) is 0.522. The summed E-state index contributed by atoms with van der Waals surface area (Å²) in [6.45, 7) is 7.01. The van der Waals surface area contributed by atoms with Crippen LogP contribution in [0.2, 0.25) is 25.7 Å². The van der Waals surface area contributed by atoms with Crippen molar-refractivity contribution in [2.75, 3.05) is 23.9 Å². The van der Waals surface area contributed by atoms with Crippen molar-refractivity contribution in [3.63, 3.8) is 0 Å². The Hall–Kier alpha value is -3.63. The summed E-state index contributed by atoms with van der Waals surface area (Å²) in [4.78, 5) is 25.2. The summed E-state index contributed by atoms with van der Waals surface area (Å²) in [5, 5.41) is 2.91. The number of benzene rings is 3. The molecular weight excluding hydrogens is 530 g/mol. The van der Waals surface area contributed by atoms with Gasteiger partial charge in [-0.15, -0.1) is 0 Å². The van der Waals surface area contributed by atoms with E-state index in [1.807, 2.05) is 54.6 Å². The van der Waals surface area contributed by atoms with Crippen LogP contribution >= 0.6 is 0 Å². The minimum atomic E-state index is -4.03. The van der Waals surface area contributed by atoms with E-state index in [1.165, 1.54) is 0 Å². The quantitative estimate of drug-likeness (QED) is 0.346. The number of carbonyl (C=O) groups is 2. The molecule has 39 heavy (non-hydrogen) atoms. The maximum absolute atomic E-state index is 13.5. The molecule has 0 atom stereocenters. The number of carbonyl (C=O) groups excluding carboxylic acids is 2. The summed E-state index contributed by atoms with van der Waals surface area (Å²) in [6, 6.07) is 24.5. The molecule has 0 saturated carbocycles. The van der Waals surface area contributed by atoms with Crippen LogP contribution in [0.5, 0.6) is 5.75 Å². The van der Waals surface area contributed by atoms with E-state index in [9.17, 15) is 18.0 Å². The zero-order valence-corrected chi connectivity index (χ0v) is 24.4. The predicted octanol–water partition coefficient (Wildman–Crippen LogP) is 4.47. The van der Waals surface area contributed by atoms with E-state index in [1.54, 1.807) is 24.3 Å². The zero-order chi connectivity index (χ0) is 28.0. The molecule has 1 saturated heterocycles. The molecule has 3 aromatic carbocycles. The number of nitrogens with zero attached hydrogens (tertiary/aromatic N) is 2. The van der Waals surface area contributed by atoms with E-state index in [0.717, 1.165) is 19.7 Å². The third-order valence-corrected chi connectivity index (χ3v) is 9.99. The van der Waals surface area contributed by atoms with Gasteiger partial charge in [0.25, 0.3) is 11.8 Å². The lowest BCUT2D eigenvalue weighted by molar-refractivity contribution is -0.123. The van der Waals surface area contributed by atoms with Crippen LogP contribution in [0, 0.1) is 0 Å². The van der Waals surface area contributed by atoms with Crippen molar-refractivity contribution in [2.24, 2.45) is 0 Å². The Labute approximate surface area is 231 Å². The van der Waals surface area contributed by atoms with Crippen molar-refractivity contribution in [1.29, 1.82) is 0 Å². The highest BCUT2D eigenvalue weighted by Gasteiger charge is 2.43. The van der Waals surface area contributed by atoms with Crippen molar-refractivity contribution >= 4 is 35.8 Å². The summed E-state index contributed by atoms with van der Waals surface area (Å²) in [7, 11) is -5.59. The van der Waals surface area contributed by atoms with Gasteiger partial charge in [-0.05, 0) is 47.9 Å². The first-order valence-corrected chi connectivity index (χ1v) is 18.1. The number of anilines is 1. The molecule has 4 rings (SSSR count). The van der Waals surface area contributed by atoms with Crippen LogP contribution in [0.25, 0.3) is 0 Å². The fraction of sp³-hybridized carbons (Fsp3) is 0.310. The summed E-state index contributed by atoms with van der Waals surface area (Å²) in [5.41, 5.74) is 2.71. The van der Waals surface area contributed by atoms with Gasteiger partial charge in [0.05, 0.1) is 5.69 Å². The van der Waals surface area contributed by atoms with Crippen LogP contribution < -0.4 is 14.4 Å². The number of amides is 2. The van der Waals surface area contributed by atoms with Crippen LogP contribution in [0.4, 0.5) is 5.69 Å². The average Bonchev–Trinajstić information content (AvgIpc) is 3.14. The van der Waals surface area contributed by atoms with E-state index in [2.05, 4.69) is 25.0 Å². The molecule has 1 N–H and O–H groups in total. The van der Waals surface area contributed by atoms with Gasteiger partial charge in [0.1, 0.15) is 18.9 Å². The Bertz CT molecular complexity index is 1410. The van der Waals surface area contributed by atoms with Gasteiger partial charge in [-0.2, -0.15) is 8.42 Å². The molecule has 1 aliphatic rings. The topological polar surface area (TPSA) is 96.0 Å². The van der Waals surface area contributed by atoms with Gasteiger partial charge in [0.15, 0.2) is 0 Å². The van der Waals surface area contributed by atoms with Crippen molar-refractivity contribution in [2.45, 2.75) is 38.7 Å². The lowest BCUT2D eigenvalue weighted by atomic mass is 10.1. The first kappa shape index (κ1) is 28.4. The van der Waals surface area contributed by atoms with E-state index in [-0.39, 0.29) is 25.6 Å². The van der Waals surface area contributed by atoms with Gasteiger partial charge >= 0.3 is 10.2 Å². The highest BCUT2D eigenvalue weighted by Crippen LogP contribution is 2.36. The van der Waals surface area contributed by atoms with Crippen molar-refractivity contribution in [3.8, 4) is 5.75 Å². The summed E-state index contributed by atoms with van der Waals surface area (Å²) >= 11 is 0. The number of hydrogen-bond donors (Lipinski definition) is 1. The monoisotopic (exact) mass is 565 g/mol. The Kier molecular flexibility index (Phi) is 8.76. The molecule has 0 aromatic heterocycles. The highest BCUT2D eigenvalue weighted by molar-refractivity contribution is 7.91. The molecule has 3 aromatic rings. The maximum atomic E-state index is 13.5. The molecule has 1 fully saturated rings. The molecular formula is C29H35N3O5SSi. The van der Waals surface area contributed by atoms with Crippen molar-refractivity contribution in [1.82, 2.24) is 9.62 Å². The van der Waals surface area contributed by atoms with E-state index >= 15 is 0 Å². The van der Waals surface area contributed by atoms with Gasteiger partial charge in [0.2, 0.25) is 0 Å². The normalized spacial score (nSPS) is 14.9. The number of rotatable bonds is 11. The first-order valence-electron chi connectivity index (χ1n) is 13.0. The third-order valence-electron chi connectivity index (χ3n) is 6.44. The second kappa shape index (κ2) is 12.0. The van der Waals surface area contributed by atoms with Gasteiger partial charge in [-0.25, -0.2) is 8.61 Å². The second-order valence-electron chi connectivity index (χ2n) is 10.7. The minimum absolute atomic E-state index is 0.159. The molecule has 0 bridgehead atoms. The Balaban J connectivity index is 1.54. The number of nitrogens with one attached hydrogen (secondary N) is 1. The Morgan fingerprint density at radius 3 is 2.28 bits per heavy atom. The molecule has 206 valence electrons. The van der Waals surface area contributed by atoms with E-state index in [4.69, 9.17) is 4.74 Å². The first-order chi connectivity index (χ1) is 18.5. The van der Waals surface area contributed by atoms with Gasteiger partial charge in [0, 0.05) is 26.7 Å². The SMILES string of the molecule is C[Si](C)(C)CCN1C(=O)CN(c2ccc(CCNC(=O)c3ccccc3)cc2OCc2ccccc2)S1(=O)=O. The van der Waals surface area contributed by atoms with Gasteiger partial charge in [-0.1, -0.05) is 74.2 Å². The minimum Gasteiger partial charge on any atom is -0.487 e. The van der Waals surface area contributed by atoms with Crippen molar-refractivity contribution in [3.05, 3.63) is 95.6 Å². The molecule has 1 aliphatic heterocycles. The van der Waals surface area contributed by atoms with Gasteiger partial charge < -0.3 is 10.1 Å². The lowest BCUT2D eigenvalue weighted by Gasteiger charge is -2.24. The van der Waals surface area contributed by atoms with E-state index in [0.29, 0.717) is 36.0 Å². The molecule has 0 spiro atoms. The molecule has 1 heterocycles. The number of ether oxygens (including phenoxy) is 1. The average molecular weight is 566 g/mol. The van der Waals surface area contributed by atoms with Crippen LogP contribution in [0.3, 0.4) is 0 Å². The molecule has 0 aliphatic carbocycles. The largest absolute Gasteiger partial charge is 0.487 e.